The van der Waals surface area contributed by atoms with E-state index in [1.54, 1.807) is 25.1 Å². The number of furan rings is 1. The largest absolute Gasteiger partial charge is 0.464 e. The molecule has 1 aromatic heterocycles. The molecule has 0 saturated carbocycles. The molecular formula is C14H17FN2O3S. The molecule has 0 unspecified atom stereocenters. The first kappa shape index (κ1) is 15.7. The Labute approximate surface area is 123 Å². The van der Waals surface area contributed by atoms with E-state index in [2.05, 4.69) is 4.72 Å². The number of hydrogen-bond acceptors (Lipinski definition) is 4. The van der Waals surface area contributed by atoms with Crippen molar-refractivity contribution in [3.05, 3.63) is 53.2 Å². The van der Waals surface area contributed by atoms with Crippen molar-refractivity contribution < 1.29 is 17.2 Å². The number of hydrogen-bond donors (Lipinski definition) is 2. The van der Waals surface area contributed by atoms with E-state index in [4.69, 9.17) is 10.2 Å². The number of nitrogens with two attached hydrogens (primary N) is 1. The predicted octanol–water partition coefficient (Wildman–Crippen LogP) is 1.71. The second kappa shape index (κ2) is 6.38. The third-order valence-corrected chi connectivity index (χ3v) is 4.63. The van der Waals surface area contributed by atoms with Crippen LogP contribution < -0.4 is 10.5 Å². The smallest absolute Gasteiger partial charge is 0.244 e. The van der Waals surface area contributed by atoms with Crippen LogP contribution in [0.15, 0.2) is 39.6 Å². The maximum absolute atomic E-state index is 13.4. The molecule has 114 valence electrons. The summed E-state index contributed by atoms with van der Waals surface area (Å²) in [5.74, 6) is 0.345. The second-order valence-electron chi connectivity index (χ2n) is 4.58. The standard InChI is InChI=1S/C14H17FN2O3S/c1-10-14(8-12(9-16)20-10)21(18,19)17-7-6-11-4-2-3-5-13(11)15/h2-5,8,17H,6-7,9,16H2,1H3. The Bertz CT molecular complexity index is 726. The fourth-order valence-electron chi connectivity index (χ4n) is 1.99. The normalized spacial score (nSPS) is 11.8. The van der Waals surface area contributed by atoms with E-state index >= 15 is 0 Å². The summed E-state index contributed by atoms with van der Waals surface area (Å²) >= 11 is 0. The maximum Gasteiger partial charge on any atom is 0.244 e. The number of aryl methyl sites for hydroxylation is 1. The van der Waals surface area contributed by atoms with E-state index in [0.717, 1.165) is 0 Å². The van der Waals surface area contributed by atoms with Crippen molar-refractivity contribution in [3.8, 4) is 0 Å². The van der Waals surface area contributed by atoms with Crippen LogP contribution in [-0.2, 0) is 23.0 Å². The van der Waals surface area contributed by atoms with E-state index in [1.807, 2.05) is 0 Å². The third kappa shape index (κ3) is 3.69. The van der Waals surface area contributed by atoms with Gasteiger partial charge in [-0.1, -0.05) is 18.2 Å². The van der Waals surface area contributed by atoms with Gasteiger partial charge in [0.05, 0.1) is 6.54 Å². The summed E-state index contributed by atoms with van der Waals surface area (Å²) in [6, 6.07) is 7.67. The van der Waals surface area contributed by atoms with Crippen LogP contribution in [0.25, 0.3) is 0 Å². The lowest BCUT2D eigenvalue weighted by Gasteiger charge is -2.06. The molecule has 0 aliphatic rings. The molecule has 21 heavy (non-hydrogen) atoms. The zero-order valence-corrected chi connectivity index (χ0v) is 12.4. The van der Waals surface area contributed by atoms with Gasteiger partial charge in [0.1, 0.15) is 22.2 Å². The van der Waals surface area contributed by atoms with Gasteiger partial charge in [0, 0.05) is 12.6 Å². The molecule has 2 rings (SSSR count). The van der Waals surface area contributed by atoms with Gasteiger partial charge in [-0.2, -0.15) is 0 Å². The molecule has 0 aliphatic heterocycles. The summed E-state index contributed by atoms with van der Waals surface area (Å²) in [6.07, 6.45) is 0.270. The number of rotatable bonds is 6. The molecule has 2 aromatic rings. The van der Waals surface area contributed by atoms with E-state index in [0.29, 0.717) is 11.3 Å². The lowest BCUT2D eigenvalue weighted by atomic mass is 10.1. The molecule has 3 N–H and O–H groups in total. The van der Waals surface area contributed by atoms with E-state index in [1.165, 1.54) is 12.1 Å². The average Bonchev–Trinajstić information content (AvgIpc) is 2.83. The van der Waals surface area contributed by atoms with Gasteiger partial charge in [0.2, 0.25) is 10.0 Å². The maximum atomic E-state index is 13.4. The summed E-state index contributed by atoms with van der Waals surface area (Å²) in [5.41, 5.74) is 5.88. The predicted molar refractivity (Wildman–Crippen MR) is 76.6 cm³/mol. The molecule has 1 heterocycles. The highest BCUT2D eigenvalue weighted by molar-refractivity contribution is 7.89. The van der Waals surface area contributed by atoms with Gasteiger partial charge in [-0.25, -0.2) is 17.5 Å². The van der Waals surface area contributed by atoms with Crippen LogP contribution in [0.5, 0.6) is 0 Å². The first-order valence-electron chi connectivity index (χ1n) is 6.46. The van der Waals surface area contributed by atoms with Crippen molar-refractivity contribution in [3.63, 3.8) is 0 Å². The van der Waals surface area contributed by atoms with Crippen LogP contribution in [-0.4, -0.2) is 15.0 Å². The molecule has 0 saturated heterocycles. The van der Waals surface area contributed by atoms with Gasteiger partial charge in [-0.05, 0) is 25.0 Å². The highest BCUT2D eigenvalue weighted by Crippen LogP contribution is 2.19. The lowest BCUT2D eigenvalue weighted by Crippen LogP contribution is -2.26. The minimum atomic E-state index is -3.68. The summed E-state index contributed by atoms with van der Waals surface area (Å²) < 4.78 is 45.4. The van der Waals surface area contributed by atoms with Crippen molar-refractivity contribution in [1.82, 2.24) is 4.72 Å². The third-order valence-electron chi connectivity index (χ3n) is 3.06. The van der Waals surface area contributed by atoms with Crippen molar-refractivity contribution in [2.45, 2.75) is 24.8 Å². The molecule has 0 bridgehead atoms. The first-order chi connectivity index (χ1) is 9.94. The molecule has 0 fully saturated rings. The SMILES string of the molecule is Cc1oc(CN)cc1S(=O)(=O)NCCc1ccccc1F. The van der Waals surface area contributed by atoms with E-state index in [9.17, 15) is 12.8 Å². The van der Waals surface area contributed by atoms with Crippen molar-refractivity contribution in [2.24, 2.45) is 5.73 Å². The Morgan fingerprint density at radius 2 is 2.05 bits per heavy atom. The van der Waals surface area contributed by atoms with Gasteiger partial charge in [0.15, 0.2) is 0 Å². The number of benzene rings is 1. The topological polar surface area (TPSA) is 85.3 Å². The quantitative estimate of drug-likeness (QED) is 0.850. The van der Waals surface area contributed by atoms with Crippen LogP contribution in [0.2, 0.25) is 0 Å². The van der Waals surface area contributed by atoms with Crippen LogP contribution >= 0.6 is 0 Å². The fraction of sp³-hybridized carbons (Fsp3) is 0.286. The van der Waals surface area contributed by atoms with Crippen LogP contribution in [0.4, 0.5) is 4.39 Å². The minimum Gasteiger partial charge on any atom is -0.464 e. The summed E-state index contributed by atoms with van der Waals surface area (Å²) in [4.78, 5) is 0.0662. The van der Waals surface area contributed by atoms with Gasteiger partial charge in [0.25, 0.3) is 0 Å². The van der Waals surface area contributed by atoms with Crippen LogP contribution in [0.3, 0.4) is 0 Å². The molecular weight excluding hydrogens is 295 g/mol. The number of nitrogens with one attached hydrogen (secondary N) is 1. The van der Waals surface area contributed by atoms with Crippen molar-refractivity contribution in [1.29, 1.82) is 0 Å². The molecule has 0 radical (unpaired) electrons. The number of sulfonamides is 1. The fourth-order valence-corrected chi connectivity index (χ4v) is 3.22. The Hall–Kier alpha value is -1.70. The monoisotopic (exact) mass is 312 g/mol. The molecule has 0 aliphatic carbocycles. The lowest BCUT2D eigenvalue weighted by molar-refractivity contribution is 0.478. The summed E-state index contributed by atoms with van der Waals surface area (Å²) in [5, 5.41) is 0. The first-order valence-corrected chi connectivity index (χ1v) is 7.95. The Kier molecular flexibility index (Phi) is 4.76. The minimum absolute atomic E-state index is 0.0662. The zero-order chi connectivity index (χ0) is 15.5. The zero-order valence-electron chi connectivity index (χ0n) is 11.6. The van der Waals surface area contributed by atoms with Gasteiger partial charge >= 0.3 is 0 Å². The Morgan fingerprint density at radius 3 is 2.67 bits per heavy atom. The Morgan fingerprint density at radius 1 is 1.33 bits per heavy atom. The highest BCUT2D eigenvalue weighted by atomic mass is 32.2. The van der Waals surface area contributed by atoms with Crippen molar-refractivity contribution in [2.75, 3.05) is 6.54 Å². The van der Waals surface area contributed by atoms with Gasteiger partial charge in [-0.15, -0.1) is 0 Å². The molecule has 0 atom stereocenters. The van der Waals surface area contributed by atoms with E-state index in [-0.39, 0.29) is 36.0 Å². The second-order valence-corrected chi connectivity index (χ2v) is 6.31. The molecule has 0 spiro atoms. The van der Waals surface area contributed by atoms with Gasteiger partial charge in [-0.3, -0.25) is 0 Å². The Balaban J connectivity index is 2.05. The van der Waals surface area contributed by atoms with Gasteiger partial charge < -0.3 is 10.2 Å². The molecule has 5 nitrogen and oxygen atoms in total. The average molecular weight is 312 g/mol. The van der Waals surface area contributed by atoms with Crippen LogP contribution in [0, 0.1) is 12.7 Å². The number of halogens is 1. The highest BCUT2D eigenvalue weighted by Gasteiger charge is 2.20. The summed E-state index contributed by atoms with van der Waals surface area (Å²) in [7, 11) is -3.68. The van der Waals surface area contributed by atoms with Crippen molar-refractivity contribution >= 4 is 10.0 Å². The molecule has 7 heteroatoms. The van der Waals surface area contributed by atoms with E-state index < -0.39 is 10.0 Å². The molecule has 0 amide bonds. The van der Waals surface area contributed by atoms with Crippen LogP contribution in [0.1, 0.15) is 17.1 Å². The molecule has 1 aromatic carbocycles. The summed E-state index contributed by atoms with van der Waals surface area (Å²) in [6.45, 7) is 1.79.